The molecule has 0 saturated heterocycles. The largest absolute Gasteiger partial charge is 0.477 e. The molecule has 0 radical (unpaired) electrons. The molecule has 0 aliphatic rings. The zero-order valence-electron chi connectivity index (χ0n) is 12.1. The Kier molecular flexibility index (Phi) is 4.80. The van der Waals surface area contributed by atoms with E-state index in [0.29, 0.717) is 15.4 Å². The van der Waals surface area contributed by atoms with Crippen molar-refractivity contribution in [2.24, 2.45) is 0 Å². The second-order valence-electron chi connectivity index (χ2n) is 4.82. The Balaban J connectivity index is 2.16. The Labute approximate surface area is 131 Å². The van der Waals surface area contributed by atoms with Crippen LogP contribution in [-0.4, -0.2) is 17.0 Å². The molecule has 0 fully saturated rings. The van der Waals surface area contributed by atoms with Crippen LogP contribution in [0, 0.1) is 13.8 Å². The molecule has 2 rings (SSSR count). The number of rotatable bonds is 5. The van der Waals surface area contributed by atoms with E-state index >= 15 is 0 Å². The minimum absolute atomic E-state index is 0.177. The molecule has 0 saturated carbocycles. The molecule has 0 unspecified atom stereocenters. The monoisotopic (exact) mass is 323 g/mol. The number of thiophene rings is 2. The first-order valence-corrected chi connectivity index (χ1v) is 8.30. The first kappa shape index (κ1) is 15.7. The van der Waals surface area contributed by atoms with Crippen molar-refractivity contribution in [2.75, 3.05) is 5.32 Å². The summed E-state index contributed by atoms with van der Waals surface area (Å²) in [4.78, 5) is 25.3. The van der Waals surface area contributed by atoms with Gasteiger partial charge in [-0.2, -0.15) is 0 Å². The molecule has 0 spiro atoms. The number of anilines is 1. The zero-order valence-corrected chi connectivity index (χ0v) is 13.8. The third-order valence-electron chi connectivity index (χ3n) is 3.11. The van der Waals surface area contributed by atoms with Crippen LogP contribution < -0.4 is 5.32 Å². The van der Waals surface area contributed by atoms with Gasteiger partial charge < -0.3 is 10.4 Å². The molecule has 2 aromatic rings. The zero-order chi connectivity index (χ0) is 15.6. The van der Waals surface area contributed by atoms with E-state index in [-0.39, 0.29) is 10.8 Å². The molecule has 0 atom stereocenters. The van der Waals surface area contributed by atoms with Gasteiger partial charge >= 0.3 is 5.97 Å². The van der Waals surface area contributed by atoms with Crippen LogP contribution in [0.15, 0.2) is 12.1 Å². The second kappa shape index (κ2) is 6.41. The maximum atomic E-state index is 12.2. The summed E-state index contributed by atoms with van der Waals surface area (Å²) in [5.74, 6) is -1.14. The van der Waals surface area contributed by atoms with E-state index in [1.54, 1.807) is 13.0 Å². The highest BCUT2D eigenvalue weighted by Crippen LogP contribution is 2.28. The number of hydrogen-bond donors (Lipinski definition) is 2. The number of aromatic carboxylic acids is 1. The summed E-state index contributed by atoms with van der Waals surface area (Å²) in [5.41, 5.74) is 1.87. The van der Waals surface area contributed by atoms with Gasteiger partial charge in [0, 0.05) is 4.88 Å². The quantitative estimate of drug-likeness (QED) is 0.860. The second-order valence-corrected chi connectivity index (χ2v) is 7.13. The van der Waals surface area contributed by atoms with Crippen LogP contribution in [0.5, 0.6) is 0 Å². The summed E-state index contributed by atoms with van der Waals surface area (Å²) in [7, 11) is 0. The van der Waals surface area contributed by atoms with Crippen LogP contribution in [0.2, 0.25) is 0 Å². The molecule has 6 heteroatoms. The summed E-state index contributed by atoms with van der Waals surface area (Å²) in [6.45, 7) is 5.85. The van der Waals surface area contributed by atoms with Crippen molar-refractivity contribution in [3.8, 4) is 0 Å². The minimum atomic E-state index is -0.963. The molecule has 4 nitrogen and oxygen atoms in total. The van der Waals surface area contributed by atoms with Crippen molar-refractivity contribution in [3.05, 3.63) is 37.9 Å². The van der Waals surface area contributed by atoms with E-state index in [1.807, 2.05) is 13.0 Å². The minimum Gasteiger partial charge on any atom is -0.477 e. The molecular weight excluding hydrogens is 306 g/mol. The predicted molar refractivity (Wildman–Crippen MR) is 87.0 cm³/mol. The van der Waals surface area contributed by atoms with Gasteiger partial charge in [-0.05, 0) is 43.5 Å². The number of hydrogen-bond acceptors (Lipinski definition) is 4. The number of amides is 1. The van der Waals surface area contributed by atoms with E-state index in [2.05, 4.69) is 12.2 Å². The van der Waals surface area contributed by atoms with Gasteiger partial charge in [0.2, 0.25) is 0 Å². The van der Waals surface area contributed by atoms with Gasteiger partial charge in [-0.1, -0.05) is 13.3 Å². The third kappa shape index (κ3) is 3.51. The molecule has 0 aromatic carbocycles. The van der Waals surface area contributed by atoms with E-state index in [9.17, 15) is 9.59 Å². The Bertz CT molecular complexity index is 685. The summed E-state index contributed by atoms with van der Waals surface area (Å²) < 4.78 is 0. The summed E-state index contributed by atoms with van der Waals surface area (Å²) in [6.07, 6.45) is 2.02. The van der Waals surface area contributed by atoms with Crippen molar-refractivity contribution >= 4 is 39.6 Å². The Hall–Kier alpha value is -1.66. The van der Waals surface area contributed by atoms with Crippen LogP contribution in [0.4, 0.5) is 5.00 Å². The number of aryl methyl sites for hydroxylation is 3. The van der Waals surface area contributed by atoms with Crippen molar-refractivity contribution < 1.29 is 14.7 Å². The fraction of sp³-hybridized carbons (Fsp3) is 0.333. The standard InChI is InChI=1S/C15H17NO3S2/c1-4-5-10-7-11(20-9(10)3)14(17)16-12-6-8(2)13(21-12)15(18)19/h6-7H,4-5H2,1-3H3,(H,16,17)(H,18,19). The smallest absolute Gasteiger partial charge is 0.346 e. The molecule has 0 aliphatic heterocycles. The third-order valence-corrected chi connectivity index (χ3v) is 5.34. The summed E-state index contributed by atoms with van der Waals surface area (Å²) in [6, 6.07) is 3.62. The van der Waals surface area contributed by atoms with E-state index in [0.717, 1.165) is 29.1 Å². The fourth-order valence-electron chi connectivity index (χ4n) is 2.08. The average Bonchev–Trinajstić information content (AvgIpc) is 2.94. The van der Waals surface area contributed by atoms with Gasteiger partial charge in [-0.15, -0.1) is 22.7 Å². The molecule has 2 heterocycles. The highest BCUT2D eigenvalue weighted by molar-refractivity contribution is 7.18. The summed E-state index contributed by atoms with van der Waals surface area (Å²) in [5, 5.41) is 12.4. The lowest BCUT2D eigenvalue weighted by Crippen LogP contribution is -2.08. The van der Waals surface area contributed by atoms with Crippen LogP contribution in [-0.2, 0) is 6.42 Å². The lowest BCUT2D eigenvalue weighted by molar-refractivity contribution is 0.0701. The first-order valence-electron chi connectivity index (χ1n) is 6.66. The van der Waals surface area contributed by atoms with Crippen LogP contribution >= 0.6 is 22.7 Å². The predicted octanol–water partition coefficient (Wildman–Crippen LogP) is 4.33. The van der Waals surface area contributed by atoms with Gasteiger partial charge in [0.05, 0.1) is 9.88 Å². The Morgan fingerprint density at radius 1 is 1.24 bits per heavy atom. The average molecular weight is 323 g/mol. The molecule has 0 bridgehead atoms. The van der Waals surface area contributed by atoms with Crippen molar-refractivity contribution in [1.82, 2.24) is 0 Å². The molecular formula is C15H17NO3S2. The lowest BCUT2D eigenvalue weighted by Gasteiger charge is -1.98. The van der Waals surface area contributed by atoms with Crippen molar-refractivity contribution in [2.45, 2.75) is 33.6 Å². The van der Waals surface area contributed by atoms with E-state index < -0.39 is 5.97 Å². The number of carboxylic acid groups (broad SMARTS) is 1. The first-order chi connectivity index (χ1) is 9.92. The SMILES string of the molecule is CCCc1cc(C(=O)Nc2cc(C)c(C(=O)O)s2)sc1C. The highest BCUT2D eigenvalue weighted by Gasteiger charge is 2.16. The van der Waals surface area contributed by atoms with Gasteiger partial charge in [0.1, 0.15) is 4.88 Å². The molecule has 2 N–H and O–H groups in total. The van der Waals surface area contributed by atoms with Gasteiger partial charge in [-0.3, -0.25) is 4.79 Å². The highest BCUT2D eigenvalue weighted by atomic mass is 32.1. The number of carboxylic acids is 1. The van der Waals surface area contributed by atoms with Gasteiger partial charge in [-0.25, -0.2) is 4.79 Å². The van der Waals surface area contributed by atoms with Crippen LogP contribution in [0.1, 0.15) is 48.7 Å². The molecule has 21 heavy (non-hydrogen) atoms. The van der Waals surface area contributed by atoms with Crippen LogP contribution in [0.25, 0.3) is 0 Å². The van der Waals surface area contributed by atoms with E-state index in [1.165, 1.54) is 16.9 Å². The fourth-order valence-corrected chi connectivity index (χ4v) is 3.95. The molecule has 112 valence electrons. The van der Waals surface area contributed by atoms with Gasteiger partial charge in [0.15, 0.2) is 0 Å². The molecule has 1 amide bonds. The van der Waals surface area contributed by atoms with Gasteiger partial charge in [0.25, 0.3) is 5.91 Å². The Morgan fingerprint density at radius 3 is 2.52 bits per heavy atom. The lowest BCUT2D eigenvalue weighted by atomic mass is 10.1. The van der Waals surface area contributed by atoms with E-state index in [4.69, 9.17) is 5.11 Å². The maximum absolute atomic E-state index is 12.2. The number of carbonyl (C=O) groups is 2. The van der Waals surface area contributed by atoms with Crippen LogP contribution in [0.3, 0.4) is 0 Å². The summed E-state index contributed by atoms with van der Waals surface area (Å²) >= 11 is 2.56. The normalized spacial score (nSPS) is 10.6. The number of carbonyl (C=O) groups excluding carboxylic acids is 1. The van der Waals surface area contributed by atoms with Crippen molar-refractivity contribution in [3.63, 3.8) is 0 Å². The Morgan fingerprint density at radius 2 is 1.95 bits per heavy atom. The molecule has 0 aliphatic carbocycles. The van der Waals surface area contributed by atoms with Crippen molar-refractivity contribution in [1.29, 1.82) is 0 Å². The molecule has 2 aromatic heterocycles. The topological polar surface area (TPSA) is 66.4 Å². The number of nitrogens with one attached hydrogen (secondary N) is 1. The maximum Gasteiger partial charge on any atom is 0.346 e.